The summed E-state index contributed by atoms with van der Waals surface area (Å²) in [5, 5.41) is 19.7. The van der Waals surface area contributed by atoms with Crippen LogP contribution < -0.4 is 16.1 Å². The fourth-order valence-corrected chi connectivity index (χ4v) is 9.78. The zero-order valence-electron chi connectivity index (χ0n) is 41.1. The minimum Gasteiger partial charge on any atom is -0.508 e. The maximum atomic E-state index is 14.7. The van der Waals surface area contributed by atoms with Crippen LogP contribution in [0.3, 0.4) is 0 Å². The van der Waals surface area contributed by atoms with Gasteiger partial charge >= 0.3 is 5.97 Å². The molecule has 2 aromatic carbocycles. The molecule has 0 saturated carbocycles. The predicted molar refractivity (Wildman–Crippen MR) is 257 cm³/mol. The lowest BCUT2D eigenvalue weighted by Crippen LogP contribution is -2.62. The van der Waals surface area contributed by atoms with Crippen molar-refractivity contribution in [1.29, 1.82) is 0 Å². The summed E-state index contributed by atoms with van der Waals surface area (Å²) >= 11 is 0. The number of aromatic nitrogens is 2. The van der Waals surface area contributed by atoms with Crippen molar-refractivity contribution in [3.05, 3.63) is 71.5 Å². The number of phenolic OH excluding ortho intramolecular Hbond substituents is 1. The quantitative estimate of drug-likeness (QED) is 0.109. The molecule has 366 valence electrons. The SMILES string of the molecule is CCn1c(-c2cccnc2[C@H](C)OC)c2c3cc(ccc31)-c1cc(O)cc(c1)C[C@H](NC(=O)C(C(C)C)N(C)C(=O)CN(C)C(=O)[C@@H]1N[C@H]1COC)C(=O)N1CCC[C@H](N1)C(=O)OCC(C)(C)C2. The van der Waals surface area contributed by atoms with Gasteiger partial charge in [0.1, 0.15) is 29.9 Å². The number of hydrazine groups is 1. The first-order valence-corrected chi connectivity index (χ1v) is 23.6. The Kier molecular flexibility index (Phi) is 15.3. The molecule has 2 fully saturated rings. The lowest BCUT2D eigenvalue weighted by Gasteiger charge is -2.37. The van der Waals surface area contributed by atoms with Crippen molar-refractivity contribution in [3.63, 3.8) is 0 Å². The van der Waals surface area contributed by atoms with Crippen molar-refractivity contribution in [3.8, 4) is 28.1 Å². The molecule has 68 heavy (non-hydrogen) atoms. The van der Waals surface area contributed by atoms with E-state index < -0.39 is 59.2 Å². The molecule has 17 nitrogen and oxygen atoms in total. The standard InChI is InChI=1S/C51H68N8O9/c1-11-58-41-17-16-32-24-36(41)37(46(58)35-14-12-18-52-43(35)30(4)67-10)25-51(5,6)28-68-50(65)38-15-13-19-59(55-38)48(63)39(22-31-20-33(32)23-34(60)21-31)54-47(62)45(29(2)3)57(8)42(61)26-56(7)49(64)44-40(53-44)27-66-9/h12,14,16-18,20-21,23-24,29-30,38-40,44-45,53,55,60H,11,13,15,19,22,25-28H2,1-10H3,(H,54,62)/t30-,38-,39-,40-,44+,45?/m0/s1. The molecule has 6 atom stereocenters. The van der Waals surface area contributed by atoms with Gasteiger partial charge in [-0.15, -0.1) is 0 Å². The second-order valence-corrected chi connectivity index (χ2v) is 19.6. The molecule has 1 unspecified atom stereocenters. The van der Waals surface area contributed by atoms with Gasteiger partial charge in [-0.1, -0.05) is 39.8 Å². The van der Waals surface area contributed by atoms with Crippen LogP contribution in [0.5, 0.6) is 5.75 Å². The van der Waals surface area contributed by atoms with Crippen molar-refractivity contribution in [2.45, 2.75) is 110 Å². The average molecular weight is 937 g/mol. The van der Waals surface area contributed by atoms with Gasteiger partial charge in [-0.25, -0.2) is 5.43 Å². The van der Waals surface area contributed by atoms with Crippen LogP contribution in [0.25, 0.3) is 33.3 Å². The summed E-state index contributed by atoms with van der Waals surface area (Å²) in [7, 11) is 6.28. The molecule has 0 radical (unpaired) electrons. The molecule has 7 rings (SSSR count). The molecule has 3 aliphatic heterocycles. The number of aryl methyl sites for hydroxylation is 1. The number of nitrogens with zero attached hydrogens (tertiary/aromatic N) is 5. The van der Waals surface area contributed by atoms with Gasteiger partial charge in [-0.2, -0.15) is 0 Å². The van der Waals surface area contributed by atoms with Crippen molar-refractivity contribution in [2.24, 2.45) is 11.3 Å². The minimum atomic E-state index is -1.19. The number of carbonyl (C=O) groups is 5. The maximum Gasteiger partial charge on any atom is 0.324 e. The van der Waals surface area contributed by atoms with Gasteiger partial charge in [-0.3, -0.25) is 39.3 Å². The van der Waals surface area contributed by atoms with Crippen LogP contribution in [-0.2, 0) is 57.6 Å². The van der Waals surface area contributed by atoms with Crippen molar-refractivity contribution in [2.75, 3.05) is 54.6 Å². The van der Waals surface area contributed by atoms with E-state index in [0.29, 0.717) is 43.5 Å². The number of aromatic hydroxyl groups is 1. The van der Waals surface area contributed by atoms with Crippen LogP contribution >= 0.6 is 0 Å². The van der Waals surface area contributed by atoms with Crippen LogP contribution in [0.15, 0.2) is 54.7 Å². The molecule has 17 heteroatoms. The Bertz CT molecular complexity index is 2540. The fourth-order valence-electron chi connectivity index (χ4n) is 9.78. The van der Waals surface area contributed by atoms with E-state index >= 15 is 0 Å². The molecule has 2 saturated heterocycles. The lowest BCUT2D eigenvalue weighted by atomic mass is 9.84. The third-order valence-corrected chi connectivity index (χ3v) is 13.4. The predicted octanol–water partition coefficient (Wildman–Crippen LogP) is 4.38. The molecule has 4 aromatic rings. The lowest BCUT2D eigenvalue weighted by molar-refractivity contribution is -0.155. The first-order chi connectivity index (χ1) is 32.4. The Balaban J connectivity index is 1.27. The van der Waals surface area contributed by atoms with Crippen LogP contribution in [0.4, 0.5) is 0 Å². The number of esters is 1. The number of hydrogen-bond donors (Lipinski definition) is 4. The number of phenols is 1. The van der Waals surface area contributed by atoms with Crippen LogP contribution in [0.1, 0.15) is 77.3 Å². The molecule has 4 amide bonds. The van der Waals surface area contributed by atoms with Gasteiger partial charge in [0.15, 0.2) is 0 Å². The van der Waals surface area contributed by atoms with Crippen LogP contribution in [0.2, 0.25) is 0 Å². The van der Waals surface area contributed by atoms with Gasteiger partial charge in [0.25, 0.3) is 5.91 Å². The maximum absolute atomic E-state index is 14.7. The molecule has 6 bridgehead atoms. The number of cyclic esters (lactones) is 1. The number of likely N-dealkylation sites (N-methyl/N-ethyl adjacent to an activating group) is 2. The summed E-state index contributed by atoms with van der Waals surface area (Å²) in [6.45, 7) is 12.9. The summed E-state index contributed by atoms with van der Waals surface area (Å²) in [4.78, 5) is 77.4. The van der Waals surface area contributed by atoms with Crippen molar-refractivity contribution >= 4 is 40.5 Å². The fraction of sp³-hybridized carbons (Fsp3) is 0.529. The van der Waals surface area contributed by atoms with Crippen molar-refractivity contribution < 1.29 is 43.3 Å². The zero-order chi connectivity index (χ0) is 49.2. The number of hydrogen-bond acceptors (Lipinski definition) is 12. The van der Waals surface area contributed by atoms with Gasteiger partial charge in [-0.05, 0) is 97.7 Å². The summed E-state index contributed by atoms with van der Waals surface area (Å²) in [6.07, 6.45) is 2.91. The molecular formula is C51H68N8O9. The Labute approximate surface area is 398 Å². The first kappa shape index (κ1) is 50.0. The van der Waals surface area contributed by atoms with Crippen molar-refractivity contribution in [1.82, 2.24) is 40.4 Å². The van der Waals surface area contributed by atoms with E-state index in [4.69, 9.17) is 19.2 Å². The Morgan fingerprint density at radius 3 is 2.53 bits per heavy atom. The number of fused-ring (bicyclic) bond motifs is 6. The summed E-state index contributed by atoms with van der Waals surface area (Å²) in [6, 6.07) is 11.8. The Hall–Kier alpha value is -5.88. The van der Waals surface area contributed by atoms with E-state index in [1.54, 1.807) is 53.4 Å². The highest BCUT2D eigenvalue weighted by molar-refractivity contribution is 5.96. The monoisotopic (exact) mass is 937 g/mol. The third-order valence-electron chi connectivity index (χ3n) is 13.4. The number of pyridine rings is 1. The van der Waals surface area contributed by atoms with Crippen LogP contribution in [-0.4, -0.2) is 144 Å². The molecule has 0 spiro atoms. The van der Waals surface area contributed by atoms with Gasteiger partial charge in [0, 0.05) is 75.9 Å². The number of nitrogens with one attached hydrogen (secondary N) is 3. The zero-order valence-corrected chi connectivity index (χ0v) is 41.1. The Morgan fingerprint density at radius 2 is 1.82 bits per heavy atom. The third kappa shape index (κ3) is 10.7. The molecule has 0 aliphatic carbocycles. The van der Waals surface area contributed by atoms with Crippen LogP contribution in [0, 0.1) is 11.3 Å². The minimum absolute atomic E-state index is 0.0239. The Morgan fingerprint density at radius 1 is 1.06 bits per heavy atom. The van der Waals surface area contributed by atoms with E-state index in [0.717, 1.165) is 39.0 Å². The van der Waals surface area contributed by atoms with Gasteiger partial charge in [0.05, 0.1) is 43.3 Å². The number of benzene rings is 2. The van der Waals surface area contributed by atoms with E-state index in [-0.39, 0.29) is 49.9 Å². The topological polar surface area (TPSA) is 207 Å². The second-order valence-electron chi connectivity index (χ2n) is 19.6. The number of rotatable bonds is 13. The molecule has 4 N–H and O–H groups in total. The number of methoxy groups -OCH3 is 2. The van der Waals surface area contributed by atoms with E-state index in [2.05, 4.69) is 59.6 Å². The number of amides is 4. The normalized spacial score (nSPS) is 21.4. The highest BCUT2D eigenvalue weighted by Crippen LogP contribution is 2.42. The highest BCUT2D eigenvalue weighted by Gasteiger charge is 2.44. The van der Waals surface area contributed by atoms with E-state index in [9.17, 15) is 29.1 Å². The second kappa shape index (κ2) is 20.8. The summed E-state index contributed by atoms with van der Waals surface area (Å²) < 4.78 is 19.3. The van der Waals surface area contributed by atoms with Gasteiger partial charge in [0.2, 0.25) is 17.7 Å². The average Bonchev–Trinajstić information content (AvgIpc) is 4.02. The molecule has 3 aliphatic rings. The highest BCUT2D eigenvalue weighted by atomic mass is 16.5. The largest absolute Gasteiger partial charge is 0.508 e. The number of ether oxygens (including phenoxy) is 3. The number of carbonyl (C=O) groups excluding carboxylic acids is 5. The van der Waals surface area contributed by atoms with Gasteiger partial charge < -0.3 is 39.0 Å². The van der Waals surface area contributed by atoms with E-state index in [1.165, 1.54) is 21.9 Å². The summed E-state index contributed by atoms with van der Waals surface area (Å²) in [5.74, 6) is -2.69. The smallest absolute Gasteiger partial charge is 0.324 e. The molecule has 2 aromatic heterocycles. The first-order valence-electron chi connectivity index (χ1n) is 23.6. The molecular weight excluding hydrogens is 869 g/mol. The summed E-state index contributed by atoms with van der Waals surface area (Å²) in [5.41, 5.74) is 9.44. The van der Waals surface area contributed by atoms with E-state index in [1.807, 2.05) is 25.1 Å². The molecule has 5 heterocycles.